The lowest BCUT2D eigenvalue weighted by Crippen LogP contribution is -2.52. The van der Waals surface area contributed by atoms with E-state index in [1.165, 1.54) is 11.3 Å². The lowest BCUT2D eigenvalue weighted by atomic mass is 10.2. The minimum Gasteiger partial charge on any atom is -0.368 e. The van der Waals surface area contributed by atoms with Gasteiger partial charge in [-0.1, -0.05) is 17.7 Å². The molecule has 1 aromatic rings. The summed E-state index contributed by atoms with van der Waals surface area (Å²) in [5.74, 6) is 0. The molecule has 20 heavy (non-hydrogen) atoms. The normalized spacial score (nSPS) is 15.3. The van der Waals surface area contributed by atoms with E-state index in [4.69, 9.17) is 0 Å². The average Bonchev–Trinajstić information content (AvgIpc) is 2.49. The van der Waals surface area contributed by atoms with Crippen molar-refractivity contribution in [1.82, 2.24) is 9.80 Å². The van der Waals surface area contributed by atoms with Crippen LogP contribution in [0.4, 0.5) is 10.5 Å². The number of piperazine rings is 1. The van der Waals surface area contributed by atoms with Crippen LogP contribution in [-0.2, 0) is 0 Å². The lowest BCUT2D eigenvalue weighted by Gasteiger charge is -2.38. The van der Waals surface area contributed by atoms with Gasteiger partial charge in [-0.15, -0.1) is 0 Å². The molecule has 0 aliphatic carbocycles. The summed E-state index contributed by atoms with van der Waals surface area (Å²) in [5, 5.41) is 0. The fraction of sp³-hybridized carbons (Fsp3) is 0.562. The molecule has 0 saturated carbocycles. The van der Waals surface area contributed by atoms with E-state index in [2.05, 4.69) is 36.1 Å². The number of nitrogens with zero attached hydrogens (tertiary/aromatic N) is 3. The van der Waals surface area contributed by atoms with Crippen LogP contribution in [0.5, 0.6) is 0 Å². The van der Waals surface area contributed by atoms with Gasteiger partial charge < -0.3 is 14.7 Å². The molecular formula is C16H25N3O. The van der Waals surface area contributed by atoms with Gasteiger partial charge in [0.15, 0.2) is 0 Å². The molecule has 0 aromatic heterocycles. The number of carbonyl (C=O) groups excluding carboxylic acids is 1. The summed E-state index contributed by atoms with van der Waals surface area (Å²) in [6.45, 7) is 11.2. The van der Waals surface area contributed by atoms with Gasteiger partial charge in [-0.3, -0.25) is 0 Å². The second kappa shape index (κ2) is 6.64. The van der Waals surface area contributed by atoms with Gasteiger partial charge >= 0.3 is 6.03 Å². The van der Waals surface area contributed by atoms with E-state index >= 15 is 0 Å². The molecule has 0 spiro atoms. The van der Waals surface area contributed by atoms with Gasteiger partial charge in [0, 0.05) is 45.0 Å². The molecule has 1 heterocycles. The Morgan fingerprint density at radius 3 is 2.10 bits per heavy atom. The van der Waals surface area contributed by atoms with Gasteiger partial charge in [0.25, 0.3) is 0 Å². The third-order valence-electron chi connectivity index (χ3n) is 3.98. The fourth-order valence-electron chi connectivity index (χ4n) is 2.61. The lowest BCUT2D eigenvalue weighted by molar-refractivity contribution is 0.154. The fourth-order valence-corrected chi connectivity index (χ4v) is 2.61. The van der Waals surface area contributed by atoms with Crippen molar-refractivity contribution in [3.63, 3.8) is 0 Å². The maximum atomic E-state index is 12.3. The molecule has 1 aliphatic rings. The molecular weight excluding hydrogens is 250 g/mol. The Hall–Kier alpha value is -1.71. The Balaban J connectivity index is 1.92. The van der Waals surface area contributed by atoms with Gasteiger partial charge in [-0.2, -0.15) is 0 Å². The molecule has 2 amide bonds. The van der Waals surface area contributed by atoms with Crippen molar-refractivity contribution >= 4 is 11.7 Å². The number of carbonyl (C=O) groups is 1. The molecule has 1 fully saturated rings. The number of hydrogen-bond acceptors (Lipinski definition) is 2. The Morgan fingerprint density at radius 2 is 1.60 bits per heavy atom. The summed E-state index contributed by atoms with van der Waals surface area (Å²) in [7, 11) is 0. The molecule has 0 unspecified atom stereocenters. The van der Waals surface area contributed by atoms with E-state index in [9.17, 15) is 4.79 Å². The van der Waals surface area contributed by atoms with Gasteiger partial charge in [-0.25, -0.2) is 4.79 Å². The van der Waals surface area contributed by atoms with E-state index in [0.717, 1.165) is 39.3 Å². The average molecular weight is 275 g/mol. The molecule has 4 nitrogen and oxygen atoms in total. The molecule has 0 N–H and O–H groups in total. The van der Waals surface area contributed by atoms with E-state index < -0.39 is 0 Å². The number of rotatable bonds is 3. The van der Waals surface area contributed by atoms with Crippen LogP contribution in [0.15, 0.2) is 24.3 Å². The molecule has 4 heteroatoms. The van der Waals surface area contributed by atoms with Crippen molar-refractivity contribution in [2.75, 3.05) is 44.2 Å². The van der Waals surface area contributed by atoms with Gasteiger partial charge in [0.1, 0.15) is 0 Å². The number of amides is 2. The second-order valence-electron chi connectivity index (χ2n) is 5.26. The summed E-state index contributed by atoms with van der Waals surface area (Å²) in [6, 6.07) is 8.79. The third-order valence-corrected chi connectivity index (χ3v) is 3.98. The summed E-state index contributed by atoms with van der Waals surface area (Å²) in [5.41, 5.74) is 2.54. The van der Waals surface area contributed by atoms with Crippen molar-refractivity contribution in [3.05, 3.63) is 29.8 Å². The molecule has 1 saturated heterocycles. The zero-order valence-electron chi connectivity index (χ0n) is 12.8. The first-order chi connectivity index (χ1) is 9.65. The van der Waals surface area contributed by atoms with Gasteiger partial charge in [0.05, 0.1) is 0 Å². The highest BCUT2D eigenvalue weighted by atomic mass is 16.2. The van der Waals surface area contributed by atoms with E-state index in [0.29, 0.717) is 0 Å². The Kier molecular flexibility index (Phi) is 4.88. The Morgan fingerprint density at radius 1 is 1.05 bits per heavy atom. The first kappa shape index (κ1) is 14.7. The summed E-state index contributed by atoms with van der Waals surface area (Å²) >= 11 is 0. The van der Waals surface area contributed by atoms with E-state index in [1.807, 2.05) is 23.6 Å². The number of aryl methyl sites for hydroxylation is 1. The quantitative estimate of drug-likeness (QED) is 0.847. The van der Waals surface area contributed by atoms with Crippen LogP contribution in [0, 0.1) is 6.92 Å². The first-order valence-corrected chi connectivity index (χ1v) is 7.51. The van der Waals surface area contributed by atoms with Crippen molar-refractivity contribution in [2.45, 2.75) is 20.8 Å². The van der Waals surface area contributed by atoms with Gasteiger partial charge in [-0.05, 0) is 32.9 Å². The van der Waals surface area contributed by atoms with Crippen LogP contribution >= 0.6 is 0 Å². The first-order valence-electron chi connectivity index (χ1n) is 7.51. The maximum Gasteiger partial charge on any atom is 0.320 e. The van der Waals surface area contributed by atoms with Crippen LogP contribution in [-0.4, -0.2) is 55.1 Å². The largest absolute Gasteiger partial charge is 0.368 e. The minimum atomic E-state index is 0.179. The predicted octanol–water partition coefficient (Wildman–Crippen LogP) is 2.58. The monoisotopic (exact) mass is 275 g/mol. The Bertz CT molecular complexity index is 432. The minimum absolute atomic E-state index is 0.179. The summed E-state index contributed by atoms with van der Waals surface area (Å²) in [6.07, 6.45) is 0. The third kappa shape index (κ3) is 3.24. The van der Waals surface area contributed by atoms with Crippen LogP contribution in [0.3, 0.4) is 0 Å². The predicted molar refractivity (Wildman–Crippen MR) is 83.3 cm³/mol. The zero-order chi connectivity index (χ0) is 14.5. The molecule has 0 atom stereocenters. The van der Waals surface area contributed by atoms with E-state index in [1.54, 1.807) is 0 Å². The van der Waals surface area contributed by atoms with E-state index in [-0.39, 0.29) is 6.03 Å². The topological polar surface area (TPSA) is 26.8 Å². The Labute approximate surface area is 122 Å². The maximum absolute atomic E-state index is 12.3. The highest BCUT2D eigenvalue weighted by molar-refractivity contribution is 5.74. The highest BCUT2D eigenvalue weighted by Gasteiger charge is 2.23. The van der Waals surface area contributed by atoms with Crippen molar-refractivity contribution in [1.29, 1.82) is 0 Å². The molecule has 110 valence electrons. The molecule has 1 aromatic carbocycles. The smallest absolute Gasteiger partial charge is 0.320 e. The molecule has 1 aliphatic heterocycles. The van der Waals surface area contributed by atoms with Crippen molar-refractivity contribution in [3.8, 4) is 0 Å². The number of benzene rings is 1. The molecule has 0 radical (unpaired) electrons. The van der Waals surface area contributed by atoms with Gasteiger partial charge in [0.2, 0.25) is 0 Å². The van der Waals surface area contributed by atoms with Crippen molar-refractivity contribution in [2.24, 2.45) is 0 Å². The van der Waals surface area contributed by atoms with Crippen LogP contribution in [0.1, 0.15) is 19.4 Å². The van der Waals surface area contributed by atoms with Crippen LogP contribution < -0.4 is 4.90 Å². The second-order valence-corrected chi connectivity index (χ2v) is 5.26. The number of urea groups is 1. The highest BCUT2D eigenvalue weighted by Crippen LogP contribution is 2.17. The van der Waals surface area contributed by atoms with Crippen molar-refractivity contribution < 1.29 is 4.79 Å². The summed E-state index contributed by atoms with van der Waals surface area (Å²) < 4.78 is 0. The molecule has 2 rings (SSSR count). The number of anilines is 1. The number of hydrogen-bond donors (Lipinski definition) is 0. The SMILES string of the molecule is CCN(CC)C(=O)N1CCN(c2ccc(C)cc2)CC1. The summed E-state index contributed by atoms with van der Waals surface area (Å²) in [4.78, 5) is 18.5. The van der Waals surface area contributed by atoms with Crippen LogP contribution in [0.25, 0.3) is 0 Å². The zero-order valence-corrected chi connectivity index (χ0v) is 12.8. The standard InChI is InChI=1S/C16H25N3O/c1-4-17(5-2)16(20)19-12-10-18(11-13-19)15-8-6-14(3)7-9-15/h6-9H,4-5,10-13H2,1-3H3. The molecule has 0 bridgehead atoms. The van der Waals surface area contributed by atoms with Crippen LogP contribution in [0.2, 0.25) is 0 Å².